The van der Waals surface area contributed by atoms with E-state index in [4.69, 9.17) is 4.74 Å². The van der Waals surface area contributed by atoms with Crippen LogP contribution in [-0.4, -0.2) is 35.0 Å². The van der Waals surface area contributed by atoms with Gasteiger partial charge in [0.1, 0.15) is 5.60 Å². The summed E-state index contributed by atoms with van der Waals surface area (Å²) in [6.07, 6.45) is 1.53. The van der Waals surface area contributed by atoms with Crippen molar-refractivity contribution < 1.29 is 14.3 Å². The van der Waals surface area contributed by atoms with Gasteiger partial charge in [-0.3, -0.25) is 9.69 Å². The molecule has 0 N–H and O–H groups in total. The summed E-state index contributed by atoms with van der Waals surface area (Å²) in [6, 6.07) is -0.337. The number of ether oxygens (including phenoxy) is 1. The van der Waals surface area contributed by atoms with Gasteiger partial charge >= 0.3 is 6.09 Å². The molecule has 0 aromatic carbocycles. The molecule has 0 aromatic rings. The van der Waals surface area contributed by atoms with Crippen LogP contribution >= 0.6 is 0 Å². The van der Waals surface area contributed by atoms with Gasteiger partial charge in [-0.05, 0) is 40.5 Å². The zero-order valence-corrected chi connectivity index (χ0v) is 11.8. The van der Waals surface area contributed by atoms with Crippen molar-refractivity contribution in [3.8, 4) is 0 Å². The number of ketones is 1. The van der Waals surface area contributed by atoms with Gasteiger partial charge in [0.15, 0.2) is 5.78 Å². The molecule has 1 aliphatic rings. The van der Waals surface area contributed by atoms with E-state index in [1.54, 1.807) is 4.90 Å². The van der Waals surface area contributed by atoms with E-state index >= 15 is 0 Å². The molecule has 1 unspecified atom stereocenters. The molecule has 1 rings (SSSR count). The van der Waals surface area contributed by atoms with Gasteiger partial charge in [-0.25, -0.2) is 4.79 Å². The average Bonchev–Trinajstić information content (AvgIpc) is 2.61. The topological polar surface area (TPSA) is 46.6 Å². The number of allylic oxidation sites excluding steroid dienone is 1. The maximum absolute atomic E-state index is 12.0. The normalized spacial score (nSPS) is 19.8. The number of likely N-dealkylation sites (tertiary alicyclic amines) is 1. The van der Waals surface area contributed by atoms with Crippen molar-refractivity contribution in [1.82, 2.24) is 4.90 Å². The van der Waals surface area contributed by atoms with Gasteiger partial charge in [0, 0.05) is 13.0 Å². The maximum Gasteiger partial charge on any atom is 0.410 e. The minimum atomic E-state index is -0.526. The van der Waals surface area contributed by atoms with Crippen molar-refractivity contribution in [1.29, 1.82) is 0 Å². The second-order valence-corrected chi connectivity index (χ2v) is 5.93. The fourth-order valence-corrected chi connectivity index (χ4v) is 2.06. The Morgan fingerprint density at radius 1 is 1.39 bits per heavy atom. The maximum atomic E-state index is 12.0. The number of carbonyl (C=O) groups is 2. The smallest absolute Gasteiger partial charge is 0.410 e. The van der Waals surface area contributed by atoms with Crippen LogP contribution in [0.2, 0.25) is 0 Å². The van der Waals surface area contributed by atoms with Crippen LogP contribution in [0.4, 0.5) is 4.79 Å². The molecule has 0 aromatic heterocycles. The molecule has 4 heteroatoms. The minimum Gasteiger partial charge on any atom is -0.444 e. The molecule has 0 saturated carbocycles. The first-order chi connectivity index (χ1) is 8.20. The lowest BCUT2D eigenvalue weighted by Gasteiger charge is -2.28. The fraction of sp³-hybridized carbons (Fsp3) is 0.714. The quantitative estimate of drug-likeness (QED) is 0.726. The molecule has 1 amide bonds. The van der Waals surface area contributed by atoms with Crippen LogP contribution in [0.25, 0.3) is 0 Å². The summed E-state index contributed by atoms with van der Waals surface area (Å²) in [7, 11) is 0. The molecule has 1 fully saturated rings. The highest BCUT2D eigenvalue weighted by Crippen LogP contribution is 2.23. The first-order valence-corrected chi connectivity index (χ1v) is 6.37. The van der Waals surface area contributed by atoms with Gasteiger partial charge < -0.3 is 4.74 Å². The third-order valence-electron chi connectivity index (χ3n) is 2.73. The van der Waals surface area contributed by atoms with E-state index in [-0.39, 0.29) is 17.9 Å². The van der Waals surface area contributed by atoms with Gasteiger partial charge in [-0.15, -0.1) is 0 Å². The second kappa shape index (κ2) is 5.55. The summed E-state index contributed by atoms with van der Waals surface area (Å²) in [5.41, 5.74) is 0.303. The molecular formula is C14H23NO3. The Kier molecular flexibility index (Phi) is 4.54. The predicted molar refractivity (Wildman–Crippen MR) is 70.4 cm³/mol. The zero-order valence-electron chi connectivity index (χ0n) is 11.8. The number of hydrogen-bond donors (Lipinski definition) is 0. The molecule has 1 atom stereocenters. The molecule has 18 heavy (non-hydrogen) atoms. The van der Waals surface area contributed by atoms with Gasteiger partial charge in [0.25, 0.3) is 0 Å². The standard InChI is InChI=1S/C14H23NO3/c1-10(2)9-12(16)11-7-6-8-15(11)13(17)18-14(3,4)5/h11H,1,6-9H2,2-5H3. The molecule has 1 aliphatic heterocycles. The monoisotopic (exact) mass is 253 g/mol. The van der Waals surface area contributed by atoms with Gasteiger partial charge in [-0.1, -0.05) is 12.2 Å². The van der Waals surface area contributed by atoms with E-state index in [2.05, 4.69) is 6.58 Å². The highest BCUT2D eigenvalue weighted by molar-refractivity contribution is 5.89. The van der Waals surface area contributed by atoms with Crippen molar-refractivity contribution in [2.45, 2.75) is 58.6 Å². The first-order valence-electron chi connectivity index (χ1n) is 6.37. The highest BCUT2D eigenvalue weighted by atomic mass is 16.6. The predicted octanol–water partition coefficient (Wildman–Crippen LogP) is 2.92. The summed E-state index contributed by atoms with van der Waals surface area (Å²) in [4.78, 5) is 25.6. The Morgan fingerprint density at radius 3 is 2.50 bits per heavy atom. The molecule has 1 saturated heterocycles. The lowest BCUT2D eigenvalue weighted by atomic mass is 10.0. The van der Waals surface area contributed by atoms with Gasteiger partial charge in [0.05, 0.1) is 6.04 Å². The number of Topliss-reactive ketones (excluding diaryl/α,β-unsaturated/α-hetero) is 1. The van der Waals surface area contributed by atoms with E-state index in [1.807, 2.05) is 27.7 Å². The van der Waals surface area contributed by atoms with Crippen LogP contribution in [-0.2, 0) is 9.53 Å². The molecule has 0 bridgehead atoms. The van der Waals surface area contributed by atoms with E-state index in [0.29, 0.717) is 13.0 Å². The molecule has 4 nitrogen and oxygen atoms in total. The van der Waals surface area contributed by atoms with Gasteiger partial charge in [-0.2, -0.15) is 0 Å². The Morgan fingerprint density at radius 2 is 2.00 bits per heavy atom. The molecule has 0 spiro atoms. The fourth-order valence-electron chi connectivity index (χ4n) is 2.06. The van der Waals surface area contributed by atoms with E-state index in [9.17, 15) is 9.59 Å². The van der Waals surface area contributed by atoms with E-state index < -0.39 is 5.60 Å². The number of nitrogens with zero attached hydrogens (tertiary/aromatic N) is 1. The van der Waals surface area contributed by atoms with Crippen molar-refractivity contribution in [2.75, 3.05) is 6.54 Å². The summed E-state index contributed by atoms with van der Waals surface area (Å²) >= 11 is 0. The van der Waals surface area contributed by atoms with Crippen molar-refractivity contribution in [2.24, 2.45) is 0 Å². The molecule has 0 radical (unpaired) electrons. The van der Waals surface area contributed by atoms with Crippen LogP contribution in [0.15, 0.2) is 12.2 Å². The summed E-state index contributed by atoms with van der Waals surface area (Å²) < 4.78 is 5.32. The van der Waals surface area contributed by atoms with Gasteiger partial charge in [0.2, 0.25) is 0 Å². The van der Waals surface area contributed by atoms with Crippen LogP contribution in [0.1, 0.15) is 47.0 Å². The summed E-state index contributed by atoms with van der Waals surface area (Å²) in [5, 5.41) is 0. The molecule has 1 heterocycles. The van der Waals surface area contributed by atoms with Crippen LogP contribution in [0.5, 0.6) is 0 Å². The Bertz CT molecular complexity index is 355. The minimum absolute atomic E-state index is 0.0610. The average molecular weight is 253 g/mol. The van der Waals surface area contributed by atoms with E-state index in [1.165, 1.54) is 0 Å². The van der Waals surface area contributed by atoms with Crippen LogP contribution in [0, 0.1) is 0 Å². The van der Waals surface area contributed by atoms with E-state index in [0.717, 1.165) is 18.4 Å². The van der Waals surface area contributed by atoms with Crippen molar-refractivity contribution in [3.05, 3.63) is 12.2 Å². The third kappa shape index (κ3) is 4.17. The largest absolute Gasteiger partial charge is 0.444 e. The number of hydrogen-bond acceptors (Lipinski definition) is 3. The van der Waals surface area contributed by atoms with Crippen LogP contribution < -0.4 is 0 Å². The SMILES string of the molecule is C=C(C)CC(=O)C1CCCN1C(=O)OC(C)(C)C. The van der Waals surface area contributed by atoms with Crippen molar-refractivity contribution >= 4 is 11.9 Å². The third-order valence-corrected chi connectivity index (χ3v) is 2.73. The number of carbonyl (C=O) groups excluding carboxylic acids is 2. The Balaban J connectivity index is 2.67. The summed E-state index contributed by atoms with van der Waals surface area (Å²) in [5.74, 6) is 0.0610. The highest BCUT2D eigenvalue weighted by Gasteiger charge is 2.35. The Hall–Kier alpha value is -1.32. The Labute approximate surface area is 109 Å². The lowest BCUT2D eigenvalue weighted by Crippen LogP contribution is -2.43. The molecular weight excluding hydrogens is 230 g/mol. The molecule has 102 valence electrons. The van der Waals surface area contributed by atoms with Crippen molar-refractivity contribution in [3.63, 3.8) is 0 Å². The molecule has 0 aliphatic carbocycles. The second-order valence-electron chi connectivity index (χ2n) is 5.93. The number of rotatable bonds is 3. The zero-order chi connectivity index (χ0) is 13.9. The number of amides is 1. The van der Waals surface area contributed by atoms with Crippen LogP contribution in [0.3, 0.4) is 0 Å². The summed E-state index contributed by atoms with van der Waals surface area (Å²) in [6.45, 7) is 11.6. The first kappa shape index (κ1) is 14.7. The lowest BCUT2D eigenvalue weighted by molar-refractivity contribution is -0.122.